The van der Waals surface area contributed by atoms with Crippen LogP contribution >= 0.6 is 0 Å². The lowest BCUT2D eigenvalue weighted by molar-refractivity contribution is -0.144. The number of amides is 1. The number of carboxylic acid groups (broad SMARTS) is 1. The Labute approximate surface area is 113 Å². The van der Waals surface area contributed by atoms with E-state index in [1.807, 2.05) is 0 Å². The summed E-state index contributed by atoms with van der Waals surface area (Å²) in [5.41, 5.74) is 0. The summed E-state index contributed by atoms with van der Waals surface area (Å²) in [5, 5.41) is 11.7. The summed E-state index contributed by atoms with van der Waals surface area (Å²) < 4.78 is 5.13. The Morgan fingerprint density at radius 3 is 2.32 bits per heavy atom. The molecule has 19 heavy (non-hydrogen) atoms. The molecule has 1 unspecified atom stereocenters. The highest BCUT2D eigenvalue weighted by Crippen LogP contribution is 2.49. The highest BCUT2D eigenvalue weighted by molar-refractivity contribution is 5.85. The van der Waals surface area contributed by atoms with Gasteiger partial charge in [0, 0.05) is 5.92 Å². The minimum atomic E-state index is -1.05. The first-order chi connectivity index (χ1) is 9.13. The van der Waals surface area contributed by atoms with Gasteiger partial charge in [-0.3, -0.25) is 4.79 Å². The average molecular weight is 267 g/mol. The van der Waals surface area contributed by atoms with Gasteiger partial charge in [-0.1, -0.05) is 6.08 Å². The van der Waals surface area contributed by atoms with E-state index >= 15 is 0 Å². The van der Waals surface area contributed by atoms with Crippen molar-refractivity contribution >= 4 is 11.9 Å². The third-order valence-electron chi connectivity index (χ3n) is 3.70. The summed E-state index contributed by atoms with van der Waals surface area (Å²) >= 11 is 0. The van der Waals surface area contributed by atoms with Crippen molar-refractivity contribution in [1.82, 2.24) is 5.32 Å². The summed E-state index contributed by atoms with van der Waals surface area (Å²) in [6.45, 7) is 3.76. The van der Waals surface area contributed by atoms with Gasteiger partial charge in [-0.15, -0.1) is 6.58 Å². The third kappa shape index (κ3) is 4.06. The average Bonchev–Trinajstić information content (AvgIpc) is 3.22. The lowest BCUT2D eigenvalue weighted by Gasteiger charge is -2.19. The number of nitrogens with one attached hydrogen (secondary N) is 1. The number of hydrogen-bond acceptors (Lipinski definition) is 3. The molecule has 0 aromatic carbocycles. The summed E-state index contributed by atoms with van der Waals surface area (Å²) in [7, 11) is 0. The monoisotopic (exact) mass is 267 g/mol. The van der Waals surface area contributed by atoms with Crippen LogP contribution in [0.5, 0.6) is 0 Å². The molecular weight excluding hydrogens is 246 g/mol. The van der Waals surface area contributed by atoms with Gasteiger partial charge >= 0.3 is 5.97 Å². The van der Waals surface area contributed by atoms with Crippen molar-refractivity contribution in [3.05, 3.63) is 12.7 Å². The molecule has 2 aliphatic carbocycles. The lowest BCUT2D eigenvalue weighted by Crippen LogP contribution is -2.47. The van der Waals surface area contributed by atoms with Gasteiger partial charge in [0.2, 0.25) is 5.91 Å². The van der Waals surface area contributed by atoms with Crippen LogP contribution in [0.1, 0.15) is 25.7 Å². The van der Waals surface area contributed by atoms with Gasteiger partial charge in [-0.25, -0.2) is 4.79 Å². The topological polar surface area (TPSA) is 75.6 Å². The van der Waals surface area contributed by atoms with Crippen molar-refractivity contribution in [3.63, 3.8) is 0 Å². The fraction of sp³-hybridized carbons (Fsp3) is 0.714. The first-order valence-electron chi connectivity index (χ1n) is 6.85. The van der Waals surface area contributed by atoms with Crippen LogP contribution in [0.4, 0.5) is 0 Å². The fourth-order valence-electron chi connectivity index (χ4n) is 2.44. The van der Waals surface area contributed by atoms with E-state index in [0.717, 1.165) is 25.7 Å². The van der Waals surface area contributed by atoms with Gasteiger partial charge < -0.3 is 15.2 Å². The number of carbonyl (C=O) groups excluding carboxylic acids is 1. The molecule has 1 amide bonds. The van der Waals surface area contributed by atoms with Crippen LogP contribution < -0.4 is 5.32 Å². The lowest BCUT2D eigenvalue weighted by atomic mass is 9.96. The molecule has 0 aromatic rings. The molecule has 2 rings (SSSR count). The molecule has 106 valence electrons. The van der Waals surface area contributed by atoms with E-state index in [9.17, 15) is 9.59 Å². The Morgan fingerprint density at radius 1 is 1.32 bits per heavy atom. The van der Waals surface area contributed by atoms with E-state index in [0.29, 0.717) is 11.8 Å². The second-order valence-corrected chi connectivity index (χ2v) is 5.43. The van der Waals surface area contributed by atoms with Crippen LogP contribution in [0.15, 0.2) is 12.7 Å². The molecule has 0 aliphatic heterocycles. The molecule has 0 spiro atoms. The number of ether oxygens (including phenoxy) is 1. The Kier molecular flexibility index (Phi) is 4.58. The van der Waals surface area contributed by atoms with Crippen molar-refractivity contribution in [2.24, 2.45) is 17.8 Å². The molecule has 5 nitrogen and oxygen atoms in total. The molecule has 2 fully saturated rings. The fourth-order valence-corrected chi connectivity index (χ4v) is 2.44. The molecule has 5 heteroatoms. The van der Waals surface area contributed by atoms with Crippen LogP contribution in [0.2, 0.25) is 0 Å². The smallest absolute Gasteiger partial charge is 0.328 e. The number of rotatable bonds is 9. The normalized spacial score (nSPS) is 20.1. The molecule has 0 radical (unpaired) electrons. The molecular formula is C14H21NO4. The Hall–Kier alpha value is -1.36. The van der Waals surface area contributed by atoms with Crippen molar-refractivity contribution in [3.8, 4) is 0 Å². The molecule has 2 saturated carbocycles. The molecule has 2 N–H and O–H groups in total. The number of aliphatic carboxylic acids is 1. The Balaban J connectivity index is 1.85. The van der Waals surface area contributed by atoms with Crippen LogP contribution in [0.3, 0.4) is 0 Å². The predicted octanol–water partition coefficient (Wildman–Crippen LogP) is 1.19. The first-order valence-corrected chi connectivity index (χ1v) is 6.85. The molecule has 1 atom stereocenters. The van der Waals surface area contributed by atoms with E-state index in [-0.39, 0.29) is 25.0 Å². The Bertz CT molecular complexity index is 348. The second kappa shape index (κ2) is 6.19. The maximum Gasteiger partial charge on any atom is 0.328 e. The van der Waals surface area contributed by atoms with E-state index < -0.39 is 12.0 Å². The molecule has 0 heterocycles. The van der Waals surface area contributed by atoms with Crippen molar-refractivity contribution in [2.45, 2.75) is 31.7 Å². The number of hydrogen-bond donors (Lipinski definition) is 2. The summed E-state index contributed by atoms with van der Waals surface area (Å²) in [4.78, 5) is 23.3. The minimum absolute atomic E-state index is 0.0151. The maximum atomic E-state index is 12.2. The third-order valence-corrected chi connectivity index (χ3v) is 3.70. The molecule has 0 bridgehead atoms. The zero-order valence-corrected chi connectivity index (χ0v) is 11.0. The van der Waals surface area contributed by atoms with Gasteiger partial charge in [-0.2, -0.15) is 0 Å². The van der Waals surface area contributed by atoms with E-state index in [2.05, 4.69) is 11.9 Å². The van der Waals surface area contributed by atoms with Crippen LogP contribution in [-0.4, -0.2) is 36.2 Å². The second-order valence-electron chi connectivity index (χ2n) is 5.43. The van der Waals surface area contributed by atoms with E-state index in [4.69, 9.17) is 9.84 Å². The molecule has 0 aromatic heterocycles. The van der Waals surface area contributed by atoms with Gasteiger partial charge in [0.25, 0.3) is 0 Å². The standard InChI is InChI=1S/C14H21NO4/c1-2-7-19-8-11(14(17)18)15-13(16)12(9-3-4-9)10-5-6-10/h2,9-12H,1,3-8H2,(H,15,16)(H,17,18). The molecule has 2 aliphatic rings. The summed E-state index contributed by atoms with van der Waals surface area (Å²) in [6.07, 6.45) is 5.94. The zero-order chi connectivity index (χ0) is 13.8. The highest BCUT2D eigenvalue weighted by Gasteiger charge is 2.46. The molecule has 0 saturated heterocycles. The maximum absolute atomic E-state index is 12.2. The number of carbonyl (C=O) groups is 2. The zero-order valence-electron chi connectivity index (χ0n) is 11.0. The van der Waals surface area contributed by atoms with E-state index in [1.54, 1.807) is 6.08 Å². The van der Waals surface area contributed by atoms with Crippen molar-refractivity contribution < 1.29 is 19.4 Å². The van der Waals surface area contributed by atoms with Crippen molar-refractivity contribution in [2.75, 3.05) is 13.2 Å². The Morgan fingerprint density at radius 2 is 1.89 bits per heavy atom. The van der Waals surface area contributed by atoms with Gasteiger partial charge in [0.15, 0.2) is 6.04 Å². The first kappa shape index (κ1) is 14.1. The summed E-state index contributed by atoms with van der Waals surface area (Å²) in [6, 6.07) is -0.965. The van der Waals surface area contributed by atoms with E-state index in [1.165, 1.54) is 0 Å². The number of carboxylic acids is 1. The van der Waals surface area contributed by atoms with Crippen molar-refractivity contribution in [1.29, 1.82) is 0 Å². The highest BCUT2D eigenvalue weighted by atomic mass is 16.5. The van der Waals surface area contributed by atoms with Crippen LogP contribution in [-0.2, 0) is 14.3 Å². The van der Waals surface area contributed by atoms with Gasteiger partial charge in [0.05, 0.1) is 13.2 Å². The van der Waals surface area contributed by atoms with Gasteiger partial charge in [-0.05, 0) is 37.5 Å². The van der Waals surface area contributed by atoms with Crippen LogP contribution in [0.25, 0.3) is 0 Å². The SMILES string of the molecule is C=CCOCC(NC(=O)C(C1CC1)C1CC1)C(=O)O. The largest absolute Gasteiger partial charge is 0.480 e. The van der Waals surface area contributed by atoms with Crippen LogP contribution in [0, 0.1) is 17.8 Å². The minimum Gasteiger partial charge on any atom is -0.480 e. The van der Waals surface area contributed by atoms with Gasteiger partial charge in [0.1, 0.15) is 0 Å². The quantitative estimate of drug-likeness (QED) is 0.486. The predicted molar refractivity (Wildman–Crippen MR) is 69.5 cm³/mol. The summed E-state index contributed by atoms with van der Waals surface area (Å²) in [5.74, 6) is -0.212.